The fraction of sp³-hybridized carbons (Fsp3) is 0.900. The van der Waals surface area contributed by atoms with Gasteiger partial charge in [0.2, 0.25) is 11.8 Å². The van der Waals surface area contributed by atoms with Gasteiger partial charge >= 0.3 is 0 Å². The topological polar surface area (TPSA) is 115 Å². The van der Waals surface area contributed by atoms with E-state index in [4.69, 9.17) is 15.2 Å². The number of nitrogens with two attached hydrogens (primary N) is 1. The lowest BCUT2D eigenvalue weighted by Crippen LogP contribution is -2.48. The molecule has 0 rings (SSSR count). The smallest absolute Gasteiger partial charge is 0.222 e. The second-order valence-corrected chi connectivity index (χ2v) is 8.89. The van der Waals surface area contributed by atoms with Crippen molar-refractivity contribution in [3.05, 3.63) is 0 Å². The molecule has 0 saturated carbocycles. The Morgan fingerprint density at radius 1 is 1.03 bits per heavy atom. The zero-order valence-corrected chi connectivity index (χ0v) is 19.7. The average molecular weight is 435 g/mol. The maximum atomic E-state index is 11.8. The highest BCUT2D eigenvalue weighted by molar-refractivity contribution is 7.80. The summed E-state index contributed by atoms with van der Waals surface area (Å²) < 4.78 is 11.6. The van der Waals surface area contributed by atoms with Gasteiger partial charge in [0.15, 0.2) is 0 Å². The molecular formula is C20H42N4O4S. The molecule has 1 unspecified atom stereocenters. The van der Waals surface area contributed by atoms with Crippen molar-refractivity contribution in [1.82, 2.24) is 16.0 Å². The highest BCUT2D eigenvalue weighted by Gasteiger charge is 2.20. The van der Waals surface area contributed by atoms with Crippen molar-refractivity contribution < 1.29 is 19.1 Å². The first-order valence-electron chi connectivity index (χ1n) is 10.4. The van der Waals surface area contributed by atoms with Crippen molar-refractivity contribution in [3.63, 3.8) is 0 Å². The van der Waals surface area contributed by atoms with Crippen LogP contribution in [0.15, 0.2) is 0 Å². The fourth-order valence-electron chi connectivity index (χ4n) is 2.27. The second kappa shape index (κ2) is 15.0. The minimum atomic E-state index is -0.368. The van der Waals surface area contributed by atoms with E-state index >= 15 is 0 Å². The molecule has 0 heterocycles. The lowest BCUT2D eigenvalue weighted by atomic mass is 10.1. The van der Waals surface area contributed by atoms with E-state index in [1.54, 1.807) is 0 Å². The summed E-state index contributed by atoms with van der Waals surface area (Å²) in [5.74, 6) is 0.509. The van der Waals surface area contributed by atoms with Gasteiger partial charge in [-0.2, -0.15) is 12.6 Å². The molecule has 0 aromatic heterocycles. The summed E-state index contributed by atoms with van der Waals surface area (Å²) >= 11 is 4.04. The summed E-state index contributed by atoms with van der Waals surface area (Å²) in [7, 11) is 0. The standard InChI is InChI=1S/C20H42N4O4S/c1-16(14-28-20(4,5)8-9-22-18(26)7-13-29)27-12-6-17(25)23-10-11-24-19(2,3)15-21/h16,24,29H,6-15,21H2,1-5H3,(H,22,26)(H,23,25). The number of thiol groups is 1. The highest BCUT2D eigenvalue weighted by Crippen LogP contribution is 2.14. The Hall–Kier alpha value is -0.870. The minimum absolute atomic E-state index is 0.00431. The average Bonchev–Trinajstić information content (AvgIpc) is 2.64. The minimum Gasteiger partial charge on any atom is -0.376 e. The van der Waals surface area contributed by atoms with Crippen LogP contribution in [0.25, 0.3) is 0 Å². The molecule has 0 aromatic carbocycles. The highest BCUT2D eigenvalue weighted by atomic mass is 32.1. The van der Waals surface area contributed by atoms with E-state index in [1.165, 1.54) is 0 Å². The van der Waals surface area contributed by atoms with Gasteiger partial charge in [0.25, 0.3) is 0 Å². The maximum Gasteiger partial charge on any atom is 0.222 e. The van der Waals surface area contributed by atoms with Crippen LogP contribution >= 0.6 is 12.6 Å². The van der Waals surface area contributed by atoms with E-state index in [0.29, 0.717) is 64.4 Å². The molecule has 1 atom stereocenters. The Morgan fingerprint density at radius 3 is 2.28 bits per heavy atom. The van der Waals surface area contributed by atoms with E-state index in [0.717, 1.165) is 0 Å². The molecule has 172 valence electrons. The Morgan fingerprint density at radius 2 is 1.66 bits per heavy atom. The maximum absolute atomic E-state index is 11.8. The molecule has 0 fully saturated rings. The molecule has 8 nitrogen and oxygen atoms in total. The van der Waals surface area contributed by atoms with Crippen LogP contribution in [0.1, 0.15) is 53.9 Å². The molecule has 0 bridgehead atoms. The zero-order chi connectivity index (χ0) is 22.3. The molecule has 9 heteroatoms. The normalized spacial score (nSPS) is 13.2. The van der Waals surface area contributed by atoms with E-state index in [1.807, 2.05) is 34.6 Å². The summed E-state index contributed by atoms with van der Waals surface area (Å²) in [6.07, 6.45) is 1.32. The lowest BCUT2D eigenvalue weighted by Gasteiger charge is -2.27. The predicted octanol–water partition coefficient (Wildman–Crippen LogP) is 0.846. The molecule has 0 spiro atoms. The van der Waals surface area contributed by atoms with Crippen molar-refractivity contribution in [3.8, 4) is 0 Å². The first kappa shape index (κ1) is 28.1. The number of hydrogen-bond acceptors (Lipinski definition) is 7. The van der Waals surface area contributed by atoms with Crippen LogP contribution < -0.4 is 21.7 Å². The van der Waals surface area contributed by atoms with Crippen LogP contribution in [-0.4, -0.2) is 74.2 Å². The van der Waals surface area contributed by atoms with Gasteiger partial charge in [0.1, 0.15) is 0 Å². The zero-order valence-electron chi connectivity index (χ0n) is 18.8. The van der Waals surface area contributed by atoms with Crippen LogP contribution in [0.4, 0.5) is 0 Å². The van der Waals surface area contributed by atoms with E-state index in [2.05, 4.69) is 28.6 Å². The van der Waals surface area contributed by atoms with Crippen molar-refractivity contribution in [2.75, 3.05) is 45.1 Å². The van der Waals surface area contributed by atoms with Gasteiger partial charge in [-0.15, -0.1) is 0 Å². The SMILES string of the molecule is CC(COC(C)(C)CCNC(=O)CCS)OCCC(=O)NCCNC(C)(C)CN. The van der Waals surface area contributed by atoms with Crippen molar-refractivity contribution >= 4 is 24.4 Å². The van der Waals surface area contributed by atoms with E-state index in [9.17, 15) is 9.59 Å². The van der Waals surface area contributed by atoms with Gasteiger partial charge in [-0.05, 0) is 46.8 Å². The fourth-order valence-corrected chi connectivity index (χ4v) is 2.48. The molecule has 0 aliphatic carbocycles. The monoisotopic (exact) mass is 434 g/mol. The van der Waals surface area contributed by atoms with E-state index in [-0.39, 0.29) is 29.1 Å². The van der Waals surface area contributed by atoms with Gasteiger partial charge in [-0.25, -0.2) is 0 Å². The number of ether oxygens (including phenoxy) is 2. The third-order valence-electron chi connectivity index (χ3n) is 4.39. The summed E-state index contributed by atoms with van der Waals surface area (Å²) in [5, 5.41) is 8.99. The summed E-state index contributed by atoms with van der Waals surface area (Å²) in [6, 6.07) is 0. The predicted molar refractivity (Wildman–Crippen MR) is 120 cm³/mol. The Labute approximate surface area is 181 Å². The third kappa shape index (κ3) is 16.6. The second-order valence-electron chi connectivity index (χ2n) is 8.44. The number of amides is 2. The molecule has 2 amide bonds. The van der Waals surface area contributed by atoms with E-state index < -0.39 is 0 Å². The van der Waals surface area contributed by atoms with Crippen molar-refractivity contribution in [1.29, 1.82) is 0 Å². The summed E-state index contributed by atoms with van der Waals surface area (Å²) in [4.78, 5) is 23.3. The molecule has 29 heavy (non-hydrogen) atoms. The van der Waals surface area contributed by atoms with Crippen molar-refractivity contribution in [2.45, 2.75) is 71.1 Å². The van der Waals surface area contributed by atoms with Gasteiger partial charge in [0.05, 0.1) is 24.9 Å². The molecule has 0 aliphatic rings. The number of hydrogen-bond donors (Lipinski definition) is 5. The molecule has 5 N–H and O–H groups in total. The quantitative estimate of drug-likeness (QED) is 0.171. The Balaban J connectivity index is 3.82. The van der Waals surface area contributed by atoms with Gasteiger partial charge in [-0.1, -0.05) is 0 Å². The molecule has 0 aliphatic heterocycles. The summed E-state index contributed by atoms with van der Waals surface area (Å²) in [6.45, 7) is 13.0. The molecular weight excluding hydrogens is 392 g/mol. The molecule has 0 radical (unpaired) electrons. The molecule has 0 saturated heterocycles. The number of carbonyl (C=O) groups excluding carboxylic acids is 2. The van der Waals surface area contributed by atoms with Gasteiger partial charge in [0, 0.05) is 44.6 Å². The number of nitrogens with one attached hydrogen (secondary N) is 3. The third-order valence-corrected chi connectivity index (χ3v) is 4.61. The van der Waals surface area contributed by atoms with Crippen LogP contribution in [0.5, 0.6) is 0 Å². The first-order valence-corrected chi connectivity index (χ1v) is 11.0. The van der Waals surface area contributed by atoms with Crippen molar-refractivity contribution in [2.24, 2.45) is 5.73 Å². The largest absolute Gasteiger partial charge is 0.376 e. The number of rotatable bonds is 17. The Kier molecular flexibility index (Phi) is 14.6. The van der Waals surface area contributed by atoms with Gasteiger partial charge < -0.3 is 31.2 Å². The van der Waals surface area contributed by atoms with Crippen LogP contribution in [0.3, 0.4) is 0 Å². The lowest BCUT2D eigenvalue weighted by molar-refractivity contribution is -0.124. The summed E-state index contributed by atoms with van der Waals surface area (Å²) in [5.41, 5.74) is 5.15. The van der Waals surface area contributed by atoms with Gasteiger partial charge in [-0.3, -0.25) is 9.59 Å². The van der Waals surface area contributed by atoms with Crippen LogP contribution in [0.2, 0.25) is 0 Å². The first-order chi connectivity index (χ1) is 13.5. The number of carbonyl (C=O) groups is 2. The van der Waals surface area contributed by atoms with Crippen LogP contribution in [0, 0.1) is 0 Å². The Bertz CT molecular complexity index is 475. The molecule has 0 aromatic rings. The van der Waals surface area contributed by atoms with Crippen LogP contribution in [-0.2, 0) is 19.1 Å².